The fourth-order valence-corrected chi connectivity index (χ4v) is 2.68. The number of benzene rings is 1. The Morgan fingerprint density at radius 3 is 2.94 bits per heavy atom. The molecule has 3 nitrogen and oxygen atoms in total. The molecule has 86 valence electrons. The molecule has 0 amide bonds. The Morgan fingerprint density at radius 2 is 2.31 bits per heavy atom. The Balaban J connectivity index is 2.61. The third-order valence-electron chi connectivity index (χ3n) is 2.73. The molecular formula is C11H11Cl2NO2. The quantitative estimate of drug-likeness (QED) is 0.830. The average molecular weight is 260 g/mol. The molecule has 1 aliphatic heterocycles. The highest BCUT2D eigenvalue weighted by molar-refractivity contribution is 6.37. The van der Waals surface area contributed by atoms with Crippen LogP contribution in [0.5, 0.6) is 5.75 Å². The van der Waals surface area contributed by atoms with Crippen LogP contribution in [-0.2, 0) is 11.2 Å². The maximum Gasteiger partial charge on any atom is 0.156 e. The van der Waals surface area contributed by atoms with E-state index in [9.17, 15) is 4.79 Å². The number of carbonyl (C=O) groups excluding carboxylic acids is 1. The summed E-state index contributed by atoms with van der Waals surface area (Å²) in [5.74, 6) is 0.480. The highest BCUT2D eigenvalue weighted by atomic mass is 35.5. The fraction of sp³-hybridized carbons (Fsp3) is 0.364. The van der Waals surface area contributed by atoms with Crippen molar-refractivity contribution in [1.29, 1.82) is 0 Å². The molecule has 0 fully saturated rings. The first-order valence-electron chi connectivity index (χ1n) is 4.92. The lowest BCUT2D eigenvalue weighted by Crippen LogP contribution is -2.31. The number of rotatable bonds is 2. The Bertz CT molecular complexity index is 434. The van der Waals surface area contributed by atoms with Crippen LogP contribution in [0.25, 0.3) is 0 Å². The lowest BCUT2D eigenvalue weighted by Gasteiger charge is -2.25. The molecule has 0 spiro atoms. The van der Waals surface area contributed by atoms with Gasteiger partial charge in [0.15, 0.2) is 5.75 Å². The van der Waals surface area contributed by atoms with E-state index in [1.807, 2.05) is 0 Å². The van der Waals surface area contributed by atoms with Gasteiger partial charge in [0.1, 0.15) is 6.29 Å². The Labute approximate surface area is 104 Å². The maximum absolute atomic E-state index is 10.9. The van der Waals surface area contributed by atoms with Crippen LogP contribution in [0.15, 0.2) is 6.07 Å². The second-order valence-electron chi connectivity index (χ2n) is 3.59. The molecule has 1 unspecified atom stereocenters. The minimum Gasteiger partial charge on any atom is -0.494 e. The van der Waals surface area contributed by atoms with E-state index < -0.39 is 0 Å². The topological polar surface area (TPSA) is 38.3 Å². The van der Waals surface area contributed by atoms with E-state index in [4.69, 9.17) is 27.9 Å². The molecule has 0 aromatic heterocycles. The summed E-state index contributed by atoms with van der Waals surface area (Å²) in [4.78, 5) is 10.9. The van der Waals surface area contributed by atoms with E-state index in [0.717, 1.165) is 30.4 Å². The molecular weight excluding hydrogens is 249 g/mol. The van der Waals surface area contributed by atoms with Gasteiger partial charge in [0.2, 0.25) is 0 Å². The number of hydrogen-bond acceptors (Lipinski definition) is 3. The molecule has 1 heterocycles. The van der Waals surface area contributed by atoms with Crippen LogP contribution < -0.4 is 10.1 Å². The number of aldehydes is 1. The van der Waals surface area contributed by atoms with Crippen LogP contribution >= 0.6 is 23.2 Å². The molecule has 0 radical (unpaired) electrons. The van der Waals surface area contributed by atoms with Crippen molar-refractivity contribution in [1.82, 2.24) is 5.32 Å². The van der Waals surface area contributed by atoms with Crippen molar-refractivity contribution in [3.8, 4) is 5.75 Å². The van der Waals surface area contributed by atoms with E-state index in [-0.39, 0.29) is 6.04 Å². The molecule has 2 rings (SSSR count). The molecule has 1 N–H and O–H groups in total. The SMILES string of the molecule is COc1c(Cl)cc2c(c1Cl)CCNC2C=O. The maximum atomic E-state index is 10.9. The second kappa shape index (κ2) is 4.62. The largest absolute Gasteiger partial charge is 0.494 e. The summed E-state index contributed by atoms with van der Waals surface area (Å²) in [7, 11) is 1.53. The van der Waals surface area contributed by atoms with Gasteiger partial charge < -0.3 is 14.8 Å². The van der Waals surface area contributed by atoms with Crippen LogP contribution in [0, 0.1) is 0 Å². The number of nitrogens with one attached hydrogen (secondary N) is 1. The van der Waals surface area contributed by atoms with Gasteiger partial charge in [-0.05, 0) is 23.6 Å². The predicted molar refractivity (Wildman–Crippen MR) is 63.5 cm³/mol. The number of ether oxygens (including phenoxy) is 1. The van der Waals surface area contributed by atoms with Gasteiger partial charge >= 0.3 is 0 Å². The van der Waals surface area contributed by atoms with Crippen LogP contribution in [0.4, 0.5) is 0 Å². The summed E-state index contributed by atoms with van der Waals surface area (Å²) in [5, 5.41) is 4.04. The van der Waals surface area contributed by atoms with Crippen molar-refractivity contribution in [3.63, 3.8) is 0 Å². The summed E-state index contributed by atoms with van der Waals surface area (Å²) < 4.78 is 5.14. The standard InChI is InChI=1S/C11H11Cl2NO2/c1-16-11-8(12)4-7-6(10(11)13)2-3-14-9(7)5-15/h4-5,9,14H,2-3H2,1H3. The van der Waals surface area contributed by atoms with Crippen LogP contribution in [0.1, 0.15) is 17.2 Å². The van der Waals surface area contributed by atoms with Crippen LogP contribution in [0.3, 0.4) is 0 Å². The van der Waals surface area contributed by atoms with E-state index in [1.165, 1.54) is 7.11 Å². The predicted octanol–water partition coefficient (Wildman–Crippen LogP) is 2.39. The van der Waals surface area contributed by atoms with Gasteiger partial charge in [-0.3, -0.25) is 0 Å². The molecule has 1 aromatic carbocycles. The van der Waals surface area contributed by atoms with Crippen molar-refractivity contribution in [2.24, 2.45) is 0 Å². The van der Waals surface area contributed by atoms with Gasteiger partial charge in [-0.2, -0.15) is 0 Å². The van der Waals surface area contributed by atoms with E-state index in [0.29, 0.717) is 15.8 Å². The van der Waals surface area contributed by atoms with Gasteiger partial charge in [-0.1, -0.05) is 23.2 Å². The Morgan fingerprint density at radius 1 is 1.56 bits per heavy atom. The van der Waals surface area contributed by atoms with Crippen molar-refractivity contribution in [2.75, 3.05) is 13.7 Å². The normalized spacial score (nSPS) is 19.1. The molecule has 0 saturated heterocycles. The Hall–Kier alpha value is -0.770. The Kier molecular flexibility index (Phi) is 3.38. The van der Waals surface area contributed by atoms with Crippen molar-refractivity contribution in [3.05, 3.63) is 27.2 Å². The summed E-state index contributed by atoms with van der Waals surface area (Å²) in [6.45, 7) is 0.723. The third-order valence-corrected chi connectivity index (χ3v) is 3.41. The summed E-state index contributed by atoms with van der Waals surface area (Å²) >= 11 is 12.2. The first kappa shape index (κ1) is 11.7. The fourth-order valence-electron chi connectivity index (χ4n) is 1.96. The molecule has 0 bridgehead atoms. The molecule has 16 heavy (non-hydrogen) atoms. The lowest BCUT2D eigenvalue weighted by atomic mass is 9.94. The average Bonchev–Trinajstić information content (AvgIpc) is 2.29. The minimum atomic E-state index is -0.329. The first-order chi connectivity index (χ1) is 7.69. The number of hydrogen-bond donors (Lipinski definition) is 1. The zero-order valence-electron chi connectivity index (χ0n) is 8.72. The van der Waals surface area contributed by atoms with E-state index in [2.05, 4.69) is 5.32 Å². The van der Waals surface area contributed by atoms with Crippen LogP contribution in [0.2, 0.25) is 10.0 Å². The molecule has 5 heteroatoms. The summed E-state index contributed by atoms with van der Waals surface area (Å²) in [6.07, 6.45) is 1.63. The van der Waals surface area contributed by atoms with Gasteiger partial charge in [0, 0.05) is 6.54 Å². The monoisotopic (exact) mass is 259 g/mol. The summed E-state index contributed by atoms with van der Waals surface area (Å²) in [5.41, 5.74) is 1.79. The number of fused-ring (bicyclic) bond motifs is 1. The third kappa shape index (κ3) is 1.79. The number of halogens is 2. The smallest absolute Gasteiger partial charge is 0.156 e. The van der Waals surface area contributed by atoms with Gasteiger partial charge in [-0.25, -0.2) is 0 Å². The highest BCUT2D eigenvalue weighted by Crippen LogP contribution is 2.40. The molecule has 1 atom stereocenters. The minimum absolute atomic E-state index is 0.329. The summed E-state index contributed by atoms with van der Waals surface area (Å²) in [6, 6.07) is 1.41. The lowest BCUT2D eigenvalue weighted by molar-refractivity contribution is -0.109. The second-order valence-corrected chi connectivity index (χ2v) is 4.38. The number of methoxy groups -OCH3 is 1. The molecule has 0 aliphatic carbocycles. The van der Waals surface area contributed by atoms with Crippen molar-refractivity contribution < 1.29 is 9.53 Å². The van der Waals surface area contributed by atoms with E-state index in [1.54, 1.807) is 6.07 Å². The zero-order valence-corrected chi connectivity index (χ0v) is 10.2. The van der Waals surface area contributed by atoms with Crippen molar-refractivity contribution >= 4 is 29.5 Å². The van der Waals surface area contributed by atoms with E-state index >= 15 is 0 Å². The highest BCUT2D eigenvalue weighted by Gasteiger charge is 2.24. The first-order valence-corrected chi connectivity index (χ1v) is 5.68. The van der Waals surface area contributed by atoms with Gasteiger partial charge in [0.25, 0.3) is 0 Å². The molecule has 0 saturated carbocycles. The van der Waals surface area contributed by atoms with Crippen molar-refractivity contribution in [2.45, 2.75) is 12.5 Å². The number of carbonyl (C=O) groups is 1. The zero-order chi connectivity index (χ0) is 11.7. The van der Waals surface area contributed by atoms with Gasteiger partial charge in [-0.15, -0.1) is 0 Å². The molecule has 1 aromatic rings. The van der Waals surface area contributed by atoms with Gasteiger partial charge in [0.05, 0.1) is 23.2 Å². The molecule has 1 aliphatic rings. The van der Waals surface area contributed by atoms with Crippen LogP contribution in [-0.4, -0.2) is 19.9 Å².